The monoisotopic (exact) mass is 253 g/mol. The minimum atomic E-state index is 0.501. The van der Waals surface area contributed by atoms with Crippen molar-refractivity contribution in [2.45, 2.75) is 0 Å². The summed E-state index contributed by atoms with van der Waals surface area (Å²) in [6.07, 6.45) is 0. The number of ether oxygens (including phenoxy) is 1. The fourth-order valence-corrected chi connectivity index (χ4v) is 1.77. The lowest BCUT2D eigenvalue weighted by Gasteiger charge is -1.99. The van der Waals surface area contributed by atoms with Crippen LogP contribution in [0, 0.1) is 0 Å². The number of aromatic nitrogens is 2. The van der Waals surface area contributed by atoms with Crippen LogP contribution < -0.4 is 4.74 Å². The minimum absolute atomic E-state index is 0.501. The highest BCUT2D eigenvalue weighted by atomic mass is 16.5. The van der Waals surface area contributed by atoms with Gasteiger partial charge in [0.1, 0.15) is 5.75 Å². The molecule has 0 aliphatic rings. The molecule has 0 atom stereocenters. The van der Waals surface area contributed by atoms with Gasteiger partial charge >= 0.3 is 0 Å². The molecule has 0 N–H and O–H groups in total. The van der Waals surface area contributed by atoms with Crippen molar-refractivity contribution in [3.63, 3.8) is 0 Å². The summed E-state index contributed by atoms with van der Waals surface area (Å²) >= 11 is 0. The molecule has 1 heterocycles. The summed E-state index contributed by atoms with van der Waals surface area (Å²) in [5.74, 6) is 1.82. The zero-order chi connectivity index (χ0) is 13.1. The Kier molecular flexibility index (Phi) is 2.98. The minimum Gasteiger partial charge on any atom is -0.497 e. The molecular weight excluding hydrogens is 241 g/mol. The molecule has 3 rings (SSSR count). The molecule has 2 aromatic carbocycles. The first kappa shape index (κ1) is 11.5. The van der Waals surface area contributed by atoms with Gasteiger partial charge in [0.2, 0.25) is 11.8 Å². The lowest BCUT2D eigenvalue weighted by atomic mass is 10.2. The largest absolute Gasteiger partial charge is 0.497 e. The molecule has 0 aliphatic carbocycles. The maximum atomic E-state index is 5.67. The van der Waals surface area contributed by atoms with Crippen LogP contribution in [0.25, 0.3) is 22.9 Å². The highest BCUT2D eigenvalue weighted by Crippen LogP contribution is 2.24. The highest BCUT2D eigenvalue weighted by molar-refractivity contribution is 5.58. The van der Waals surface area contributed by atoms with E-state index >= 15 is 0 Å². The quantitative estimate of drug-likeness (QED) is 0.717. The van der Waals surface area contributed by atoms with E-state index in [0.717, 1.165) is 16.9 Å². The van der Waals surface area contributed by atoms with Crippen LogP contribution in [0.5, 0.6) is 5.75 Å². The normalized spacial score (nSPS) is 10.4. The van der Waals surface area contributed by atoms with Crippen molar-refractivity contribution in [3.05, 3.63) is 54.6 Å². The van der Waals surface area contributed by atoms with Crippen molar-refractivity contribution in [2.24, 2.45) is 0 Å². The SMILES string of the molecule is COc1ccc(-c2nn[13c](-c3ccccc3)o2)cc1. The molecule has 0 bridgehead atoms. The molecule has 0 radical (unpaired) electrons. The van der Waals surface area contributed by atoms with Crippen molar-refractivity contribution in [3.8, 4) is 28.7 Å². The Hall–Kier alpha value is -2.62. The van der Waals surface area contributed by atoms with Gasteiger partial charge in [-0.3, -0.25) is 0 Å². The standard InChI is InChI=1S/C15H12N2O2/c1-18-13-9-7-12(8-10-13)15-17-16-14(19-15)11-5-3-2-4-6-11/h2-10H,1H3/i14+1. The predicted octanol–water partition coefficient (Wildman–Crippen LogP) is 3.41. The number of methoxy groups -OCH3 is 1. The number of nitrogens with zero attached hydrogens (tertiary/aromatic N) is 2. The molecule has 3 aromatic rings. The Bertz CT molecular complexity index is 660. The first-order valence-corrected chi connectivity index (χ1v) is 5.90. The number of hydrogen-bond donors (Lipinski definition) is 0. The Labute approximate surface area is 110 Å². The molecule has 0 aliphatic heterocycles. The molecule has 0 saturated heterocycles. The second-order valence-electron chi connectivity index (χ2n) is 4.01. The van der Waals surface area contributed by atoms with Crippen LogP contribution in [0.15, 0.2) is 59.0 Å². The molecule has 19 heavy (non-hydrogen) atoms. The van der Waals surface area contributed by atoms with Crippen LogP contribution in [0.3, 0.4) is 0 Å². The number of rotatable bonds is 3. The first-order valence-electron chi connectivity index (χ1n) is 5.90. The second kappa shape index (κ2) is 4.94. The summed E-state index contributed by atoms with van der Waals surface area (Å²) in [7, 11) is 1.63. The van der Waals surface area contributed by atoms with Gasteiger partial charge in [0.15, 0.2) is 0 Å². The summed E-state index contributed by atoms with van der Waals surface area (Å²) in [5.41, 5.74) is 1.78. The zero-order valence-electron chi connectivity index (χ0n) is 10.4. The van der Waals surface area contributed by atoms with Crippen molar-refractivity contribution in [2.75, 3.05) is 7.11 Å². The molecular formula is C15H12N2O2. The average molecular weight is 253 g/mol. The maximum absolute atomic E-state index is 5.67. The van der Waals surface area contributed by atoms with Gasteiger partial charge in [-0.25, -0.2) is 0 Å². The van der Waals surface area contributed by atoms with E-state index < -0.39 is 0 Å². The van der Waals surface area contributed by atoms with Gasteiger partial charge in [0.05, 0.1) is 7.11 Å². The average Bonchev–Trinajstić information content (AvgIpc) is 2.98. The Morgan fingerprint density at radius 3 is 1.95 bits per heavy atom. The second-order valence-corrected chi connectivity index (χ2v) is 4.01. The van der Waals surface area contributed by atoms with Crippen LogP contribution >= 0.6 is 0 Å². The van der Waals surface area contributed by atoms with Gasteiger partial charge in [-0.2, -0.15) is 0 Å². The van der Waals surface area contributed by atoms with Crippen LogP contribution in [0.4, 0.5) is 0 Å². The summed E-state index contributed by atoms with van der Waals surface area (Å²) < 4.78 is 10.8. The van der Waals surface area contributed by atoms with Gasteiger partial charge in [-0.15, -0.1) is 10.2 Å². The van der Waals surface area contributed by atoms with E-state index in [1.54, 1.807) is 7.11 Å². The third kappa shape index (κ3) is 2.33. The summed E-state index contributed by atoms with van der Waals surface area (Å²) in [4.78, 5) is 0. The lowest BCUT2D eigenvalue weighted by molar-refractivity contribution is 0.415. The number of hydrogen-bond acceptors (Lipinski definition) is 4. The van der Waals surface area contributed by atoms with Crippen molar-refractivity contribution < 1.29 is 9.15 Å². The fraction of sp³-hybridized carbons (Fsp3) is 0.0667. The predicted molar refractivity (Wildman–Crippen MR) is 71.7 cm³/mol. The first-order chi connectivity index (χ1) is 9.36. The zero-order valence-corrected chi connectivity index (χ0v) is 10.4. The molecule has 0 saturated carbocycles. The van der Waals surface area contributed by atoms with E-state index in [1.807, 2.05) is 54.6 Å². The van der Waals surface area contributed by atoms with Gasteiger partial charge in [-0.1, -0.05) is 18.2 Å². The molecule has 0 spiro atoms. The van der Waals surface area contributed by atoms with E-state index in [2.05, 4.69) is 10.2 Å². The van der Waals surface area contributed by atoms with E-state index in [4.69, 9.17) is 9.15 Å². The lowest BCUT2D eigenvalue weighted by Crippen LogP contribution is -1.82. The van der Waals surface area contributed by atoms with Crippen molar-refractivity contribution in [1.29, 1.82) is 0 Å². The van der Waals surface area contributed by atoms with Crippen LogP contribution in [0.1, 0.15) is 0 Å². The van der Waals surface area contributed by atoms with E-state index in [9.17, 15) is 0 Å². The van der Waals surface area contributed by atoms with Crippen LogP contribution in [-0.4, -0.2) is 17.3 Å². The summed E-state index contributed by atoms with van der Waals surface area (Å²) in [6, 6.07) is 17.2. The third-order valence-corrected chi connectivity index (χ3v) is 2.78. The van der Waals surface area contributed by atoms with Gasteiger partial charge < -0.3 is 9.15 Å². The molecule has 0 unspecified atom stereocenters. The smallest absolute Gasteiger partial charge is 0.248 e. The van der Waals surface area contributed by atoms with Crippen molar-refractivity contribution >= 4 is 0 Å². The molecule has 4 nitrogen and oxygen atoms in total. The maximum Gasteiger partial charge on any atom is 0.248 e. The van der Waals surface area contributed by atoms with Gasteiger partial charge in [0.25, 0.3) is 0 Å². The molecule has 94 valence electrons. The number of benzene rings is 2. The van der Waals surface area contributed by atoms with Gasteiger partial charge in [0, 0.05) is 11.1 Å². The highest BCUT2D eigenvalue weighted by Gasteiger charge is 2.09. The summed E-state index contributed by atoms with van der Waals surface area (Å²) in [6.45, 7) is 0. The van der Waals surface area contributed by atoms with Crippen LogP contribution in [-0.2, 0) is 0 Å². The van der Waals surface area contributed by atoms with E-state index in [-0.39, 0.29) is 0 Å². The molecule has 0 fully saturated rings. The van der Waals surface area contributed by atoms with E-state index in [0.29, 0.717) is 11.8 Å². The fourth-order valence-electron chi connectivity index (χ4n) is 1.77. The Balaban J connectivity index is 1.92. The van der Waals surface area contributed by atoms with Crippen molar-refractivity contribution in [1.82, 2.24) is 10.2 Å². The Morgan fingerprint density at radius 2 is 1.37 bits per heavy atom. The summed E-state index contributed by atoms with van der Waals surface area (Å²) in [5, 5.41) is 8.12. The van der Waals surface area contributed by atoms with Crippen LogP contribution in [0.2, 0.25) is 0 Å². The van der Waals surface area contributed by atoms with E-state index in [1.165, 1.54) is 0 Å². The Morgan fingerprint density at radius 1 is 0.789 bits per heavy atom. The third-order valence-electron chi connectivity index (χ3n) is 2.78. The molecule has 4 heteroatoms. The topological polar surface area (TPSA) is 48.2 Å². The molecule has 0 amide bonds. The van der Waals surface area contributed by atoms with Gasteiger partial charge in [-0.05, 0) is 36.4 Å². The molecule has 1 aromatic heterocycles.